The van der Waals surface area contributed by atoms with Crippen LogP contribution in [0, 0.1) is 11.8 Å². The lowest BCUT2D eigenvalue weighted by molar-refractivity contribution is -0.127. The summed E-state index contributed by atoms with van der Waals surface area (Å²) in [4.78, 5) is 24.5. The molecule has 3 rings (SSSR count). The first-order valence-electron chi connectivity index (χ1n) is 9.36. The van der Waals surface area contributed by atoms with E-state index in [1.807, 2.05) is 18.2 Å². The van der Waals surface area contributed by atoms with E-state index in [9.17, 15) is 9.59 Å². The Labute approximate surface area is 144 Å². The number of carbonyl (C=O) groups is 2. The summed E-state index contributed by atoms with van der Waals surface area (Å²) in [7, 11) is 0. The molecule has 2 aliphatic carbocycles. The van der Waals surface area contributed by atoms with Crippen LogP contribution < -0.4 is 10.6 Å². The maximum atomic E-state index is 12.3. The molecule has 4 heteroatoms. The zero-order valence-corrected chi connectivity index (χ0v) is 14.3. The zero-order valence-electron chi connectivity index (χ0n) is 14.3. The van der Waals surface area contributed by atoms with Crippen molar-refractivity contribution in [3.8, 4) is 0 Å². The molecule has 0 radical (unpaired) electrons. The van der Waals surface area contributed by atoms with Crippen LogP contribution in [0.3, 0.4) is 0 Å². The number of amides is 2. The highest BCUT2D eigenvalue weighted by molar-refractivity contribution is 5.92. The summed E-state index contributed by atoms with van der Waals surface area (Å²) in [5.41, 5.74) is 1.22. The van der Waals surface area contributed by atoms with Crippen LogP contribution >= 0.6 is 0 Å². The molecule has 0 saturated heterocycles. The first-order chi connectivity index (χ1) is 11.7. The molecule has 130 valence electrons. The molecule has 1 aromatic carbocycles. The van der Waals surface area contributed by atoms with Gasteiger partial charge in [0.05, 0.1) is 11.8 Å². The van der Waals surface area contributed by atoms with E-state index < -0.39 is 0 Å². The van der Waals surface area contributed by atoms with E-state index in [0.717, 1.165) is 19.3 Å². The Morgan fingerprint density at radius 2 is 1.58 bits per heavy atom. The molecule has 4 nitrogen and oxygen atoms in total. The number of hydrogen-bond acceptors (Lipinski definition) is 2. The molecule has 2 amide bonds. The van der Waals surface area contributed by atoms with Gasteiger partial charge in [0.2, 0.25) is 11.8 Å². The van der Waals surface area contributed by atoms with Gasteiger partial charge in [0, 0.05) is 12.6 Å². The highest BCUT2D eigenvalue weighted by Crippen LogP contribution is 2.39. The normalized spacial score (nSPS) is 24.0. The lowest BCUT2D eigenvalue weighted by Gasteiger charge is -2.16. The van der Waals surface area contributed by atoms with Gasteiger partial charge in [-0.2, -0.15) is 0 Å². The fraction of sp³-hybridized carbons (Fsp3) is 0.600. The average molecular weight is 328 g/mol. The van der Waals surface area contributed by atoms with Crippen molar-refractivity contribution in [2.75, 3.05) is 6.54 Å². The van der Waals surface area contributed by atoms with Gasteiger partial charge in [0.15, 0.2) is 0 Å². The van der Waals surface area contributed by atoms with Crippen LogP contribution in [0.25, 0.3) is 0 Å². The van der Waals surface area contributed by atoms with Gasteiger partial charge in [-0.15, -0.1) is 0 Å². The van der Waals surface area contributed by atoms with Crippen molar-refractivity contribution in [3.63, 3.8) is 0 Å². The molecule has 1 aromatic rings. The molecule has 0 bridgehead atoms. The number of carbonyl (C=O) groups excluding carboxylic acids is 2. The van der Waals surface area contributed by atoms with Gasteiger partial charge >= 0.3 is 0 Å². The number of hydrogen-bond donors (Lipinski definition) is 2. The molecule has 2 atom stereocenters. The molecular formula is C20H28N2O2. The van der Waals surface area contributed by atoms with E-state index in [-0.39, 0.29) is 23.7 Å². The third-order valence-electron chi connectivity index (χ3n) is 5.22. The van der Waals surface area contributed by atoms with E-state index in [0.29, 0.717) is 19.0 Å². The number of nitrogens with one attached hydrogen (secondary N) is 2. The van der Waals surface area contributed by atoms with Crippen LogP contribution in [0.1, 0.15) is 50.5 Å². The Morgan fingerprint density at radius 3 is 2.29 bits per heavy atom. The van der Waals surface area contributed by atoms with Crippen molar-refractivity contribution in [3.05, 3.63) is 35.9 Å². The predicted octanol–water partition coefficient (Wildman–Crippen LogP) is 2.82. The van der Waals surface area contributed by atoms with Gasteiger partial charge in [0.25, 0.3) is 0 Å². The van der Waals surface area contributed by atoms with Gasteiger partial charge in [-0.25, -0.2) is 0 Å². The summed E-state index contributed by atoms with van der Waals surface area (Å²) in [6.07, 6.45) is 8.69. The van der Waals surface area contributed by atoms with Gasteiger partial charge in [-0.05, 0) is 31.2 Å². The van der Waals surface area contributed by atoms with E-state index in [1.54, 1.807) is 0 Å². The second kappa shape index (κ2) is 8.32. The summed E-state index contributed by atoms with van der Waals surface area (Å²) in [6, 6.07) is 10.4. The summed E-state index contributed by atoms with van der Waals surface area (Å²) in [6.45, 7) is 0.635. The van der Waals surface area contributed by atoms with Crippen LogP contribution in [0.2, 0.25) is 0 Å². The maximum absolute atomic E-state index is 12.3. The van der Waals surface area contributed by atoms with Crippen LogP contribution in [-0.4, -0.2) is 24.4 Å². The van der Waals surface area contributed by atoms with Gasteiger partial charge < -0.3 is 10.6 Å². The SMILES string of the molecule is O=C(NCCc1ccccc1)C1CC1C(=O)NC1CCCCCC1. The molecule has 2 saturated carbocycles. The molecule has 0 aliphatic heterocycles. The summed E-state index contributed by atoms with van der Waals surface area (Å²) >= 11 is 0. The fourth-order valence-corrected chi connectivity index (χ4v) is 3.61. The largest absolute Gasteiger partial charge is 0.356 e. The van der Waals surface area contributed by atoms with Crippen LogP contribution in [-0.2, 0) is 16.0 Å². The molecule has 0 aromatic heterocycles. The second-order valence-corrected chi connectivity index (χ2v) is 7.17. The molecular weight excluding hydrogens is 300 g/mol. The highest BCUT2D eigenvalue weighted by Gasteiger charge is 2.48. The zero-order chi connectivity index (χ0) is 16.8. The topological polar surface area (TPSA) is 58.2 Å². The minimum absolute atomic E-state index is 0.0342. The van der Waals surface area contributed by atoms with Gasteiger partial charge in [-0.1, -0.05) is 56.0 Å². The number of rotatable bonds is 6. The van der Waals surface area contributed by atoms with E-state index >= 15 is 0 Å². The summed E-state index contributed by atoms with van der Waals surface area (Å²) in [5.74, 6) is -0.103. The lowest BCUT2D eigenvalue weighted by atomic mass is 10.1. The molecule has 2 aliphatic rings. The molecule has 2 unspecified atom stereocenters. The molecule has 0 heterocycles. The van der Waals surface area contributed by atoms with Crippen LogP contribution in [0.15, 0.2) is 30.3 Å². The average Bonchev–Trinajstić information content (AvgIpc) is 3.40. The van der Waals surface area contributed by atoms with E-state index in [1.165, 1.54) is 31.2 Å². The second-order valence-electron chi connectivity index (χ2n) is 7.17. The monoisotopic (exact) mass is 328 g/mol. The summed E-state index contributed by atoms with van der Waals surface area (Å²) < 4.78 is 0. The Balaban J connectivity index is 1.36. The third-order valence-corrected chi connectivity index (χ3v) is 5.22. The van der Waals surface area contributed by atoms with Crippen molar-refractivity contribution in [1.82, 2.24) is 10.6 Å². The van der Waals surface area contributed by atoms with E-state index in [2.05, 4.69) is 22.8 Å². The van der Waals surface area contributed by atoms with Crippen LogP contribution in [0.5, 0.6) is 0 Å². The van der Waals surface area contributed by atoms with Crippen molar-refractivity contribution < 1.29 is 9.59 Å². The first-order valence-corrected chi connectivity index (χ1v) is 9.36. The Hall–Kier alpha value is -1.84. The van der Waals surface area contributed by atoms with Crippen molar-refractivity contribution in [2.24, 2.45) is 11.8 Å². The minimum Gasteiger partial charge on any atom is -0.356 e. The Morgan fingerprint density at radius 1 is 0.917 bits per heavy atom. The molecule has 0 spiro atoms. The Kier molecular flexibility index (Phi) is 5.89. The maximum Gasteiger partial charge on any atom is 0.224 e. The molecule has 2 fully saturated rings. The lowest BCUT2D eigenvalue weighted by Crippen LogP contribution is -2.37. The Bertz CT molecular complexity index is 550. The molecule has 2 N–H and O–H groups in total. The predicted molar refractivity (Wildman–Crippen MR) is 94.4 cm³/mol. The van der Waals surface area contributed by atoms with Crippen molar-refractivity contribution >= 4 is 11.8 Å². The summed E-state index contributed by atoms with van der Waals surface area (Å²) in [5, 5.41) is 6.14. The standard InChI is InChI=1S/C20H28N2O2/c23-19(21-13-12-15-8-4-3-5-9-15)17-14-18(17)20(24)22-16-10-6-1-2-7-11-16/h3-5,8-9,16-18H,1-2,6-7,10-14H2,(H,21,23)(H,22,24). The number of benzene rings is 1. The third kappa shape index (κ3) is 4.83. The quantitative estimate of drug-likeness (QED) is 0.789. The van der Waals surface area contributed by atoms with E-state index in [4.69, 9.17) is 0 Å². The minimum atomic E-state index is -0.119. The van der Waals surface area contributed by atoms with Crippen LogP contribution in [0.4, 0.5) is 0 Å². The smallest absolute Gasteiger partial charge is 0.224 e. The van der Waals surface area contributed by atoms with Crippen molar-refractivity contribution in [1.29, 1.82) is 0 Å². The first kappa shape index (κ1) is 17.0. The van der Waals surface area contributed by atoms with Gasteiger partial charge in [-0.3, -0.25) is 9.59 Å². The van der Waals surface area contributed by atoms with Gasteiger partial charge in [0.1, 0.15) is 0 Å². The molecule has 24 heavy (non-hydrogen) atoms. The highest BCUT2D eigenvalue weighted by atomic mass is 16.2. The fourth-order valence-electron chi connectivity index (χ4n) is 3.61. The van der Waals surface area contributed by atoms with Crippen molar-refractivity contribution in [2.45, 2.75) is 57.4 Å².